The highest BCUT2D eigenvalue weighted by Crippen LogP contribution is 2.40. The van der Waals surface area contributed by atoms with Gasteiger partial charge in [0.05, 0.1) is 28.4 Å². The van der Waals surface area contributed by atoms with Crippen LogP contribution in [0.25, 0.3) is 10.6 Å². The van der Waals surface area contributed by atoms with E-state index in [1.54, 1.807) is 10.9 Å². The minimum atomic E-state index is -0.141. The van der Waals surface area contributed by atoms with Crippen molar-refractivity contribution in [2.45, 2.75) is 39.0 Å². The highest BCUT2D eigenvalue weighted by Gasteiger charge is 2.30. The number of anilines is 1. The molecule has 0 bridgehead atoms. The summed E-state index contributed by atoms with van der Waals surface area (Å²) in [6.07, 6.45) is 10.4. The number of allylic oxidation sites excluding steroid dienone is 2. The maximum atomic E-state index is 12.9. The van der Waals surface area contributed by atoms with Crippen molar-refractivity contribution in [1.82, 2.24) is 14.8 Å². The molecule has 24 heavy (non-hydrogen) atoms. The third-order valence-electron chi connectivity index (χ3n) is 4.45. The van der Waals surface area contributed by atoms with Crippen LogP contribution in [0, 0.1) is 5.92 Å². The van der Waals surface area contributed by atoms with Crippen LogP contribution in [0.2, 0.25) is 0 Å². The second-order valence-electron chi connectivity index (χ2n) is 6.21. The number of hydrogen-bond acceptors (Lipinski definition) is 5. The summed E-state index contributed by atoms with van der Waals surface area (Å²) in [5, 5.41) is 7.69. The van der Waals surface area contributed by atoms with Gasteiger partial charge in [0.1, 0.15) is 0 Å². The Hall–Kier alpha value is -2.28. The summed E-state index contributed by atoms with van der Waals surface area (Å²) in [5.41, 5.74) is 2.87. The monoisotopic (exact) mass is 342 g/mol. The van der Waals surface area contributed by atoms with Crippen molar-refractivity contribution in [2.24, 2.45) is 5.92 Å². The third-order valence-corrected chi connectivity index (χ3v) is 5.47. The van der Waals surface area contributed by atoms with Crippen molar-refractivity contribution < 1.29 is 9.59 Å². The van der Waals surface area contributed by atoms with E-state index in [1.165, 1.54) is 18.3 Å². The molecule has 7 heteroatoms. The molecule has 4 rings (SSSR count). The molecule has 0 saturated carbocycles. The first-order chi connectivity index (χ1) is 11.6. The van der Waals surface area contributed by atoms with Gasteiger partial charge in [-0.15, -0.1) is 0 Å². The predicted octanol–water partition coefficient (Wildman–Crippen LogP) is 3.06. The lowest BCUT2D eigenvalue weighted by Gasteiger charge is -2.18. The van der Waals surface area contributed by atoms with Gasteiger partial charge in [-0.05, 0) is 37.7 Å². The van der Waals surface area contributed by atoms with Gasteiger partial charge in [0.15, 0.2) is 5.13 Å². The number of rotatable bonds is 2. The normalized spacial score (nSPS) is 18.8. The van der Waals surface area contributed by atoms with E-state index in [-0.39, 0.29) is 17.7 Å². The maximum absolute atomic E-state index is 12.9. The average Bonchev–Trinajstić information content (AvgIpc) is 3.17. The summed E-state index contributed by atoms with van der Waals surface area (Å²) in [6.45, 7) is 1.47. The molecule has 0 saturated heterocycles. The Kier molecular flexibility index (Phi) is 3.80. The third kappa shape index (κ3) is 2.58. The van der Waals surface area contributed by atoms with Crippen LogP contribution in [0.4, 0.5) is 5.13 Å². The molecule has 0 fully saturated rings. The Labute approximate surface area is 143 Å². The van der Waals surface area contributed by atoms with Gasteiger partial charge in [-0.1, -0.05) is 23.5 Å². The van der Waals surface area contributed by atoms with Crippen molar-refractivity contribution in [3.63, 3.8) is 0 Å². The molecule has 2 aromatic rings. The topological polar surface area (TPSA) is 76.9 Å². The van der Waals surface area contributed by atoms with Crippen molar-refractivity contribution in [3.05, 3.63) is 29.6 Å². The second kappa shape index (κ2) is 5.98. The number of nitrogens with one attached hydrogen (secondary N) is 1. The van der Waals surface area contributed by atoms with Crippen LogP contribution in [-0.4, -0.2) is 26.6 Å². The minimum absolute atomic E-state index is 0.0227. The molecule has 2 heterocycles. The molecule has 0 aromatic carbocycles. The van der Waals surface area contributed by atoms with E-state index in [0.717, 1.165) is 53.9 Å². The lowest BCUT2D eigenvalue weighted by molar-refractivity contribution is -0.114. The van der Waals surface area contributed by atoms with E-state index in [4.69, 9.17) is 0 Å². The second-order valence-corrected chi connectivity index (χ2v) is 7.21. The molecular weight excluding hydrogens is 324 g/mol. The van der Waals surface area contributed by atoms with E-state index in [1.807, 2.05) is 6.08 Å². The zero-order valence-electron chi connectivity index (χ0n) is 13.4. The fraction of sp³-hybridized carbons (Fsp3) is 0.412. The predicted molar refractivity (Wildman–Crippen MR) is 92.2 cm³/mol. The van der Waals surface area contributed by atoms with E-state index < -0.39 is 0 Å². The summed E-state index contributed by atoms with van der Waals surface area (Å²) < 4.78 is 1.55. The molecule has 1 unspecified atom stereocenters. The molecule has 0 aliphatic heterocycles. The average molecular weight is 342 g/mol. The van der Waals surface area contributed by atoms with Crippen LogP contribution in [0.15, 0.2) is 18.3 Å². The van der Waals surface area contributed by atoms with Crippen molar-refractivity contribution in [1.29, 1.82) is 0 Å². The molecule has 2 aromatic heterocycles. The van der Waals surface area contributed by atoms with Crippen LogP contribution < -0.4 is 5.32 Å². The summed E-state index contributed by atoms with van der Waals surface area (Å²) in [6, 6.07) is 0. The van der Waals surface area contributed by atoms with Gasteiger partial charge >= 0.3 is 0 Å². The van der Waals surface area contributed by atoms with Gasteiger partial charge in [-0.3, -0.25) is 9.59 Å². The minimum Gasteiger partial charge on any atom is -0.302 e. The molecule has 124 valence electrons. The first-order valence-corrected chi connectivity index (χ1v) is 9.00. The molecule has 0 spiro atoms. The molecule has 1 N–H and O–H groups in total. The molecule has 1 atom stereocenters. The number of thiazole rings is 1. The van der Waals surface area contributed by atoms with Crippen LogP contribution >= 0.6 is 11.3 Å². The van der Waals surface area contributed by atoms with E-state index >= 15 is 0 Å². The summed E-state index contributed by atoms with van der Waals surface area (Å²) in [5.74, 6) is -0.219. The lowest BCUT2D eigenvalue weighted by Crippen LogP contribution is -2.24. The highest BCUT2D eigenvalue weighted by atomic mass is 32.1. The summed E-state index contributed by atoms with van der Waals surface area (Å²) >= 11 is 1.42. The molecule has 2 aliphatic rings. The fourth-order valence-electron chi connectivity index (χ4n) is 3.31. The number of carbonyl (C=O) groups excluding carboxylic acids is 2. The van der Waals surface area contributed by atoms with Crippen molar-refractivity contribution in [3.8, 4) is 10.6 Å². The molecule has 6 nitrogen and oxygen atoms in total. The van der Waals surface area contributed by atoms with E-state index in [2.05, 4.69) is 21.5 Å². The van der Waals surface area contributed by atoms with E-state index in [9.17, 15) is 9.59 Å². The van der Waals surface area contributed by atoms with Gasteiger partial charge in [-0.25, -0.2) is 4.98 Å². The highest BCUT2D eigenvalue weighted by molar-refractivity contribution is 7.19. The zero-order valence-corrected chi connectivity index (χ0v) is 14.2. The van der Waals surface area contributed by atoms with Crippen LogP contribution in [0.5, 0.6) is 0 Å². The quantitative estimate of drug-likeness (QED) is 0.851. The first kappa shape index (κ1) is 15.3. The maximum Gasteiger partial charge on any atom is 0.254 e. The SMILES string of the molecule is CC(=O)Nc1nc2c(s1)-c1c(cnn1C(=O)C1C=CCCC1)CC2. The first-order valence-electron chi connectivity index (χ1n) is 8.19. The molecule has 2 aliphatic carbocycles. The molecular formula is C17H18N4O2S. The largest absolute Gasteiger partial charge is 0.302 e. The van der Waals surface area contributed by atoms with Gasteiger partial charge in [0.2, 0.25) is 5.91 Å². The Morgan fingerprint density at radius 3 is 3.00 bits per heavy atom. The smallest absolute Gasteiger partial charge is 0.254 e. The van der Waals surface area contributed by atoms with Gasteiger partial charge in [0, 0.05) is 6.92 Å². The molecule has 0 radical (unpaired) electrons. The fourth-order valence-corrected chi connectivity index (χ4v) is 4.44. The zero-order chi connectivity index (χ0) is 16.7. The van der Waals surface area contributed by atoms with Crippen LogP contribution in [-0.2, 0) is 17.6 Å². The Bertz CT molecular complexity index is 849. The Morgan fingerprint density at radius 1 is 1.38 bits per heavy atom. The number of nitrogens with zero attached hydrogens (tertiary/aromatic N) is 3. The van der Waals surface area contributed by atoms with Crippen LogP contribution in [0.3, 0.4) is 0 Å². The molecule has 1 amide bonds. The summed E-state index contributed by atoms with van der Waals surface area (Å²) in [4.78, 5) is 29.6. The van der Waals surface area contributed by atoms with Crippen LogP contribution in [0.1, 0.15) is 42.2 Å². The van der Waals surface area contributed by atoms with Crippen molar-refractivity contribution >= 4 is 28.3 Å². The number of carbonyl (C=O) groups is 2. The summed E-state index contributed by atoms with van der Waals surface area (Å²) in [7, 11) is 0. The standard InChI is InChI=1S/C17H18N4O2S/c1-10(22)19-17-20-13-8-7-12-9-18-21(14(12)15(13)24-17)16(23)11-5-3-2-4-6-11/h3,5,9,11H,2,4,6-8H2,1H3,(H,19,20,22). The van der Waals surface area contributed by atoms with E-state index in [0.29, 0.717) is 5.13 Å². The number of fused-ring (bicyclic) bond motifs is 3. The Balaban J connectivity index is 1.74. The van der Waals surface area contributed by atoms with Gasteiger partial charge in [-0.2, -0.15) is 9.78 Å². The number of aryl methyl sites for hydroxylation is 2. The van der Waals surface area contributed by atoms with Gasteiger partial charge in [0.25, 0.3) is 5.91 Å². The Morgan fingerprint density at radius 2 is 2.25 bits per heavy atom. The number of amides is 1. The van der Waals surface area contributed by atoms with Gasteiger partial charge < -0.3 is 5.32 Å². The number of aromatic nitrogens is 3. The van der Waals surface area contributed by atoms with Crippen molar-refractivity contribution in [2.75, 3.05) is 5.32 Å². The lowest BCUT2D eigenvalue weighted by atomic mass is 9.94. The number of hydrogen-bond donors (Lipinski definition) is 1.